The summed E-state index contributed by atoms with van der Waals surface area (Å²) in [7, 11) is 1.52. The molecule has 0 aliphatic rings. The predicted octanol–water partition coefficient (Wildman–Crippen LogP) is 3.25. The SMILES string of the molecule is COc1cccc(NC(=O)Nc2ccccc2[N+](=O)[O-])c1. The summed E-state index contributed by atoms with van der Waals surface area (Å²) in [6.45, 7) is 0. The molecule has 0 radical (unpaired) electrons. The lowest BCUT2D eigenvalue weighted by molar-refractivity contribution is -0.383. The lowest BCUT2D eigenvalue weighted by atomic mass is 10.2. The summed E-state index contributed by atoms with van der Waals surface area (Å²) in [4.78, 5) is 22.2. The fourth-order valence-corrected chi connectivity index (χ4v) is 1.72. The van der Waals surface area contributed by atoms with Crippen LogP contribution in [-0.4, -0.2) is 18.1 Å². The molecular weight excluding hydrogens is 274 g/mol. The van der Waals surface area contributed by atoms with E-state index in [2.05, 4.69) is 10.6 Å². The van der Waals surface area contributed by atoms with E-state index in [0.717, 1.165) is 0 Å². The zero-order chi connectivity index (χ0) is 15.2. The molecule has 0 aromatic heterocycles. The highest BCUT2D eigenvalue weighted by Gasteiger charge is 2.14. The number of rotatable bonds is 4. The highest BCUT2D eigenvalue weighted by molar-refractivity contribution is 6.01. The summed E-state index contributed by atoms with van der Waals surface area (Å²) in [6, 6.07) is 12.1. The van der Waals surface area contributed by atoms with Gasteiger partial charge >= 0.3 is 6.03 Å². The first-order valence-electron chi connectivity index (χ1n) is 6.05. The number of nitro groups is 1. The number of ether oxygens (including phenoxy) is 1. The van der Waals surface area contributed by atoms with Gasteiger partial charge in [0.2, 0.25) is 0 Å². The fourth-order valence-electron chi connectivity index (χ4n) is 1.72. The Morgan fingerprint density at radius 1 is 1.14 bits per heavy atom. The van der Waals surface area contributed by atoms with E-state index in [9.17, 15) is 14.9 Å². The molecule has 0 atom stereocenters. The molecule has 0 fully saturated rings. The second-order valence-corrected chi connectivity index (χ2v) is 4.09. The van der Waals surface area contributed by atoms with E-state index in [-0.39, 0.29) is 11.4 Å². The van der Waals surface area contributed by atoms with Crippen molar-refractivity contribution in [2.24, 2.45) is 0 Å². The third kappa shape index (κ3) is 3.69. The molecule has 0 bridgehead atoms. The minimum Gasteiger partial charge on any atom is -0.497 e. The normalized spacial score (nSPS) is 9.76. The number of methoxy groups -OCH3 is 1. The minimum absolute atomic E-state index is 0.128. The fraction of sp³-hybridized carbons (Fsp3) is 0.0714. The average Bonchev–Trinajstić information content (AvgIpc) is 2.47. The molecule has 2 rings (SSSR count). The molecule has 0 unspecified atom stereocenters. The van der Waals surface area contributed by atoms with Crippen LogP contribution < -0.4 is 15.4 Å². The summed E-state index contributed by atoms with van der Waals surface area (Å²) >= 11 is 0. The highest BCUT2D eigenvalue weighted by Crippen LogP contribution is 2.23. The van der Waals surface area contributed by atoms with Gasteiger partial charge in [0, 0.05) is 17.8 Å². The number of hydrogen-bond acceptors (Lipinski definition) is 4. The molecule has 2 aromatic carbocycles. The predicted molar refractivity (Wildman–Crippen MR) is 78.7 cm³/mol. The Hall–Kier alpha value is -3.09. The number of carbonyl (C=O) groups is 1. The number of benzene rings is 2. The van der Waals surface area contributed by atoms with Crippen LogP contribution in [0.15, 0.2) is 48.5 Å². The van der Waals surface area contributed by atoms with Gasteiger partial charge in [-0.25, -0.2) is 4.79 Å². The molecule has 0 aliphatic heterocycles. The molecule has 7 heteroatoms. The maximum atomic E-state index is 11.9. The first-order chi connectivity index (χ1) is 10.1. The number of para-hydroxylation sites is 2. The maximum absolute atomic E-state index is 11.9. The Kier molecular flexibility index (Phi) is 4.35. The molecule has 0 saturated carbocycles. The quantitative estimate of drug-likeness (QED) is 0.666. The number of hydrogen-bond donors (Lipinski definition) is 2. The van der Waals surface area contributed by atoms with E-state index in [1.807, 2.05) is 0 Å². The first-order valence-corrected chi connectivity index (χ1v) is 6.05. The van der Waals surface area contributed by atoms with E-state index < -0.39 is 11.0 Å². The standard InChI is InChI=1S/C14H13N3O4/c1-21-11-6-4-5-10(9-11)15-14(18)16-12-7-2-3-8-13(12)17(19)20/h2-9H,1H3,(H2,15,16,18). The molecular formula is C14H13N3O4. The number of nitrogens with one attached hydrogen (secondary N) is 2. The van der Waals surface area contributed by atoms with Crippen LogP contribution in [0.25, 0.3) is 0 Å². The van der Waals surface area contributed by atoms with Crippen LogP contribution in [0.1, 0.15) is 0 Å². The Labute approximate surface area is 120 Å². The number of amides is 2. The van der Waals surface area contributed by atoms with Gasteiger partial charge in [0.1, 0.15) is 11.4 Å². The van der Waals surface area contributed by atoms with E-state index in [1.165, 1.54) is 25.3 Å². The van der Waals surface area contributed by atoms with Gasteiger partial charge in [0.25, 0.3) is 5.69 Å². The van der Waals surface area contributed by atoms with Crippen LogP contribution in [0, 0.1) is 10.1 Å². The topological polar surface area (TPSA) is 93.5 Å². The van der Waals surface area contributed by atoms with Crippen molar-refractivity contribution in [3.8, 4) is 5.75 Å². The summed E-state index contributed by atoms with van der Waals surface area (Å²) in [5.74, 6) is 0.596. The third-order valence-electron chi connectivity index (χ3n) is 2.68. The Morgan fingerprint density at radius 3 is 2.62 bits per heavy atom. The molecule has 2 amide bonds. The van der Waals surface area contributed by atoms with Crippen molar-refractivity contribution in [2.75, 3.05) is 17.7 Å². The molecule has 0 saturated heterocycles. The number of nitro benzene ring substituents is 1. The van der Waals surface area contributed by atoms with Crippen LogP contribution >= 0.6 is 0 Å². The maximum Gasteiger partial charge on any atom is 0.323 e. The van der Waals surface area contributed by atoms with Crippen molar-refractivity contribution < 1.29 is 14.5 Å². The smallest absolute Gasteiger partial charge is 0.323 e. The molecule has 2 N–H and O–H groups in total. The molecule has 21 heavy (non-hydrogen) atoms. The molecule has 108 valence electrons. The molecule has 0 heterocycles. The first kappa shape index (κ1) is 14.3. The third-order valence-corrected chi connectivity index (χ3v) is 2.68. The van der Waals surface area contributed by atoms with Crippen molar-refractivity contribution in [1.29, 1.82) is 0 Å². The number of nitrogens with zero attached hydrogens (tertiary/aromatic N) is 1. The number of urea groups is 1. The Balaban J connectivity index is 2.10. The zero-order valence-electron chi connectivity index (χ0n) is 11.2. The van der Waals surface area contributed by atoms with Crippen molar-refractivity contribution >= 4 is 23.1 Å². The second kappa shape index (κ2) is 6.38. The van der Waals surface area contributed by atoms with Crippen LogP contribution in [0.5, 0.6) is 5.75 Å². The van der Waals surface area contributed by atoms with Crippen molar-refractivity contribution in [3.05, 3.63) is 58.6 Å². The number of anilines is 2. The number of carbonyl (C=O) groups excluding carboxylic acids is 1. The van der Waals surface area contributed by atoms with Crippen LogP contribution in [0.4, 0.5) is 21.9 Å². The molecule has 0 spiro atoms. The van der Waals surface area contributed by atoms with E-state index in [4.69, 9.17) is 4.74 Å². The van der Waals surface area contributed by atoms with Crippen molar-refractivity contribution in [1.82, 2.24) is 0 Å². The minimum atomic E-state index is -0.572. The molecule has 7 nitrogen and oxygen atoms in total. The Morgan fingerprint density at radius 2 is 1.90 bits per heavy atom. The van der Waals surface area contributed by atoms with Crippen LogP contribution in [0.3, 0.4) is 0 Å². The summed E-state index contributed by atoms with van der Waals surface area (Å²) in [5, 5.41) is 15.9. The van der Waals surface area contributed by atoms with Gasteiger partial charge < -0.3 is 15.4 Å². The van der Waals surface area contributed by atoms with Crippen LogP contribution in [-0.2, 0) is 0 Å². The zero-order valence-corrected chi connectivity index (χ0v) is 11.2. The lowest BCUT2D eigenvalue weighted by Crippen LogP contribution is -2.20. The van der Waals surface area contributed by atoms with Gasteiger partial charge in [0.15, 0.2) is 0 Å². The van der Waals surface area contributed by atoms with Gasteiger partial charge in [-0.2, -0.15) is 0 Å². The van der Waals surface area contributed by atoms with Gasteiger partial charge in [-0.05, 0) is 18.2 Å². The van der Waals surface area contributed by atoms with Crippen molar-refractivity contribution in [3.63, 3.8) is 0 Å². The summed E-state index contributed by atoms with van der Waals surface area (Å²) < 4.78 is 5.04. The van der Waals surface area contributed by atoms with Gasteiger partial charge in [-0.15, -0.1) is 0 Å². The second-order valence-electron chi connectivity index (χ2n) is 4.09. The van der Waals surface area contributed by atoms with Gasteiger partial charge in [0.05, 0.1) is 12.0 Å². The Bertz CT molecular complexity index is 673. The van der Waals surface area contributed by atoms with Crippen LogP contribution in [0.2, 0.25) is 0 Å². The monoisotopic (exact) mass is 287 g/mol. The van der Waals surface area contributed by atoms with Gasteiger partial charge in [-0.3, -0.25) is 10.1 Å². The molecule has 0 aliphatic carbocycles. The van der Waals surface area contributed by atoms with E-state index in [1.54, 1.807) is 30.3 Å². The molecule has 2 aromatic rings. The van der Waals surface area contributed by atoms with E-state index >= 15 is 0 Å². The van der Waals surface area contributed by atoms with Gasteiger partial charge in [-0.1, -0.05) is 18.2 Å². The largest absolute Gasteiger partial charge is 0.497 e. The van der Waals surface area contributed by atoms with Crippen molar-refractivity contribution in [2.45, 2.75) is 0 Å². The van der Waals surface area contributed by atoms with E-state index in [0.29, 0.717) is 11.4 Å². The average molecular weight is 287 g/mol. The lowest BCUT2D eigenvalue weighted by Gasteiger charge is -2.09. The summed E-state index contributed by atoms with van der Waals surface area (Å²) in [5.41, 5.74) is 0.478. The summed E-state index contributed by atoms with van der Waals surface area (Å²) in [6.07, 6.45) is 0. The highest BCUT2D eigenvalue weighted by atomic mass is 16.6.